The predicted molar refractivity (Wildman–Crippen MR) is 83.1 cm³/mol. The Balaban J connectivity index is 1.63. The lowest BCUT2D eigenvalue weighted by molar-refractivity contribution is -0.115. The fourth-order valence-electron chi connectivity index (χ4n) is 2.12. The van der Waals surface area contributed by atoms with Crippen LogP contribution in [0.1, 0.15) is 5.56 Å². The molecule has 0 atom stereocenters. The Bertz CT molecular complexity index is 655. The van der Waals surface area contributed by atoms with E-state index in [4.69, 9.17) is 9.47 Å². The molecule has 1 aliphatic heterocycles. The molecule has 108 valence electrons. The lowest BCUT2D eigenvalue weighted by atomic mass is 10.1. The van der Waals surface area contributed by atoms with Gasteiger partial charge in [0, 0.05) is 10.6 Å². The van der Waals surface area contributed by atoms with Crippen LogP contribution in [0.25, 0.3) is 0 Å². The number of thioether (sulfide) groups is 1. The normalized spacial score (nSPS) is 12.2. The first-order chi connectivity index (χ1) is 10.2. The van der Waals surface area contributed by atoms with Crippen molar-refractivity contribution in [2.45, 2.75) is 11.3 Å². The van der Waals surface area contributed by atoms with E-state index in [1.807, 2.05) is 48.7 Å². The third-order valence-corrected chi connectivity index (χ3v) is 3.92. The highest BCUT2D eigenvalue weighted by molar-refractivity contribution is 7.98. The number of anilines is 1. The summed E-state index contributed by atoms with van der Waals surface area (Å²) in [5.74, 6) is 1.38. The number of amides is 1. The standard InChI is InChI=1S/C16H15NO3S/c1-21-13-5-3-12(4-6-13)17-16(18)9-11-2-7-14-15(8-11)20-10-19-14/h2-8H,9-10H2,1H3,(H,17,18). The number of ether oxygens (including phenoxy) is 2. The zero-order chi connectivity index (χ0) is 14.7. The first kappa shape index (κ1) is 13.8. The fraction of sp³-hybridized carbons (Fsp3) is 0.188. The number of benzene rings is 2. The van der Waals surface area contributed by atoms with Crippen molar-refractivity contribution in [3.63, 3.8) is 0 Å². The molecule has 0 bridgehead atoms. The molecule has 4 nitrogen and oxygen atoms in total. The van der Waals surface area contributed by atoms with Crippen LogP contribution in [0.2, 0.25) is 0 Å². The molecule has 0 unspecified atom stereocenters. The van der Waals surface area contributed by atoms with Gasteiger partial charge in [0.25, 0.3) is 0 Å². The van der Waals surface area contributed by atoms with Crippen molar-refractivity contribution in [2.75, 3.05) is 18.4 Å². The number of rotatable bonds is 4. The first-order valence-electron chi connectivity index (χ1n) is 6.57. The molecule has 0 saturated carbocycles. The third kappa shape index (κ3) is 3.31. The van der Waals surface area contributed by atoms with Gasteiger partial charge in [-0.05, 0) is 48.2 Å². The molecule has 2 aromatic rings. The summed E-state index contributed by atoms with van der Waals surface area (Å²) in [7, 11) is 0. The second-order valence-corrected chi connectivity index (χ2v) is 5.52. The van der Waals surface area contributed by atoms with Crippen LogP contribution in [0, 0.1) is 0 Å². The molecule has 0 aromatic heterocycles. The van der Waals surface area contributed by atoms with Crippen LogP contribution in [0.15, 0.2) is 47.4 Å². The van der Waals surface area contributed by atoms with E-state index in [2.05, 4.69) is 5.32 Å². The highest BCUT2D eigenvalue weighted by Crippen LogP contribution is 2.32. The summed E-state index contributed by atoms with van der Waals surface area (Å²) < 4.78 is 10.6. The van der Waals surface area contributed by atoms with E-state index < -0.39 is 0 Å². The van der Waals surface area contributed by atoms with Crippen molar-refractivity contribution in [2.24, 2.45) is 0 Å². The number of carbonyl (C=O) groups is 1. The largest absolute Gasteiger partial charge is 0.454 e. The fourth-order valence-corrected chi connectivity index (χ4v) is 2.52. The number of nitrogens with one attached hydrogen (secondary N) is 1. The summed E-state index contributed by atoms with van der Waals surface area (Å²) in [6.45, 7) is 0.243. The molecule has 1 amide bonds. The molecule has 1 aliphatic rings. The van der Waals surface area contributed by atoms with E-state index in [1.54, 1.807) is 11.8 Å². The molecule has 2 aromatic carbocycles. The molecule has 1 heterocycles. The minimum Gasteiger partial charge on any atom is -0.454 e. The Kier molecular flexibility index (Phi) is 4.01. The summed E-state index contributed by atoms with van der Waals surface area (Å²) >= 11 is 1.67. The number of carbonyl (C=O) groups excluding carboxylic acids is 1. The van der Waals surface area contributed by atoms with E-state index in [1.165, 1.54) is 4.90 Å². The smallest absolute Gasteiger partial charge is 0.231 e. The molecule has 0 aliphatic carbocycles. The maximum Gasteiger partial charge on any atom is 0.231 e. The molecule has 5 heteroatoms. The number of fused-ring (bicyclic) bond motifs is 1. The van der Waals surface area contributed by atoms with Crippen molar-refractivity contribution in [3.05, 3.63) is 48.0 Å². The van der Waals surface area contributed by atoms with Gasteiger partial charge in [-0.25, -0.2) is 0 Å². The van der Waals surface area contributed by atoms with Crippen LogP contribution >= 0.6 is 11.8 Å². The van der Waals surface area contributed by atoms with Crippen LogP contribution < -0.4 is 14.8 Å². The van der Waals surface area contributed by atoms with E-state index in [9.17, 15) is 4.79 Å². The van der Waals surface area contributed by atoms with Gasteiger partial charge in [0.05, 0.1) is 6.42 Å². The van der Waals surface area contributed by atoms with Gasteiger partial charge in [-0.1, -0.05) is 6.07 Å². The molecule has 3 rings (SSSR count). The number of hydrogen-bond acceptors (Lipinski definition) is 4. The van der Waals surface area contributed by atoms with E-state index in [0.29, 0.717) is 12.2 Å². The van der Waals surface area contributed by atoms with Gasteiger partial charge < -0.3 is 14.8 Å². The molecule has 1 N–H and O–H groups in total. The van der Waals surface area contributed by atoms with Crippen molar-refractivity contribution in [1.29, 1.82) is 0 Å². The van der Waals surface area contributed by atoms with Crippen LogP contribution in [-0.2, 0) is 11.2 Å². The average molecular weight is 301 g/mol. The van der Waals surface area contributed by atoms with Gasteiger partial charge in [-0.3, -0.25) is 4.79 Å². The van der Waals surface area contributed by atoms with Gasteiger partial charge in [0.2, 0.25) is 12.7 Å². The molecule has 0 saturated heterocycles. The van der Waals surface area contributed by atoms with Crippen molar-refractivity contribution < 1.29 is 14.3 Å². The van der Waals surface area contributed by atoms with Crippen LogP contribution in [0.3, 0.4) is 0 Å². The Labute approximate surface area is 127 Å². The summed E-state index contributed by atoms with van der Waals surface area (Å²) in [5.41, 5.74) is 1.70. The lowest BCUT2D eigenvalue weighted by Gasteiger charge is -2.06. The van der Waals surface area contributed by atoms with Crippen LogP contribution in [0.5, 0.6) is 11.5 Å². The highest BCUT2D eigenvalue weighted by atomic mass is 32.2. The SMILES string of the molecule is CSc1ccc(NC(=O)Cc2ccc3c(c2)OCO3)cc1. The van der Waals surface area contributed by atoms with Crippen LogP contribution in [-0.4, -0.2) is 19.0 Å². The second kappa shape index (κ2) is 6.10. The van der Waals surface area contributed by atoms with E-state index in [0.717, 1.165) is 17.0 Å². The van der Waals surface area contributed by atoms with Crippen molar-refractivity contribution in [3.8, 4) is 11.5 Å². The van der Waals surface area contributed by atoms with Crippen molar-refractivity contribution >= 4 is 23.4 Å². The minimum atomic E-state index is -0.0502. The second-order valence-electron chi connectivity index (χ2n) is 4.64. The quantitative estimate of drug-likeness (QED) is 0.880. The Morgan fingerprint density at radius 1 is 1.14 bits per heavy atom. The Morgan fingerprint density at radius 3 is 2.67 bits per heavy atom. The van der Waals surface area contributed by atoms with Crippen molar-refractivity contribution in [1.82, 2.24) is 0 Å². The topological polar surface area (TPSA) is 47.6 Å². The van der Waals surface area contributed by atoms with Gasteiger partial charge in [-0.2, -0.15) is 0 Å². The third-order valence-electron chi connectivity index (χ3n) is 3.18. The summed E-state index contributed by atoms with van der Waals surface area (Å²) in [6, 6.07) is 13.3. The molecular formula is C16H15NO3S. The maximum absolute atomic E-state index is 12.0. The molecule has 0 fully saturated rings. The van der Waals surface area contributed by atoms with E-state index in [-0.39, 0.29) is 12.7 Å². The zero-order valence-corrected chi connectivity index (χ0v) is 12.4. The Morgan fingerprint density at radius 2 is 1.90 bits per heavy atom. The number of hydrogen-bond donors (Lipinski definition) is 1. The average Bonchev–Trinajstić information content (AvgIpc) is 2.95. The highest BCUT2D eigenvalue weighted by Gasteiger charge is 2.14. The monoisotopic (exact) mass is 301 g/mol. The molecule has 0 spiro atoms. The molecule has 21 heavy (non-hydrogen) atoms. The summed E-state index contributed by atoms with van der Waals surface area (Å²) in [6.07, 6.45) is 2.33. The molecular weight excluding hydrogens is 286 g/mol. The van der Waals surface area contributed by atoms with Crippen LogP contribution in [0.4, 0.5) is 5.69 Å². The van der Waals surface area contributed by atoms with Gasteiger partial charge in [-0.15, -0.1) is 11.8 Å². The van der Waals surface area contributed by atoms with Gasteiger partial charge >= 0.3 is 0 Å². The summed E-state index contributed by atoms with van der Waals surface area (Å²) in [4.78, 5) is 13.2. The predicted octanol–water partition coefficient (Wildman–Crippen LogP) is 3.32. The minimum absolute atomic E-state index is 0.0502. The summed E-state index contributed by atoms with van der Waals surface area (Å²) in [5, 5.41) is 2.89. The Hall–Kier alpha value is -2.14. The lowest BCUT2D eigenvalue weighted by Crippen LogP contribution is -2.14. The van der Waals surface area contributed by atoms with Gasteiger partial charge in [0.15, 0.2) is 11.5 Å². The molecule has 0 radical (unpaired) electrons. The van der Waals surface area contributed by atoms with E-state index >= 15 is 0 Å². The van der Waals surface area contributed by atoms with Gasteiger partial charge in [0.1, 0.15) is 0 Å². The first-order valence-corrected chi connectivity index (χ1v) is 7.79. The zero-order valence-electron chi connectivity index (χ0n) is 11.6. The maximum atomic E-state index is 12.0.